The fourth-order valence-corrected chi connectivity index (χ4v) is 8.40. The molecule has 0 fully saturated rings. The molecule has 0 spiro atoms. The van der Waals surface area contributed by atoms with Crippen LogP contribution in [-0.4, -0.2) is 0 Å². The fraction of sp³-hybridized carbons (Fsp3) is 0.122. The second-order valence-corrected chi connectivity index (χ2v) is 13.7. The van der Waals surface area contributed by atoms with Gasteiger partial charge < -0.3 is 16.4 Å². The molecule has 2 heterocycles. The van der Waals surface area contributed by atoms with E-state index in [0.29, 0.717) is 5.69 Å². The van der Waals surface area contributed by atoms with Gasteiger partial charge >= 0.3 is 0 Å². The molecule has 0 bridgehead atoms. The van der Waals surface area contributed by atoms with Crippen molar-refractivity contribution in [2.24, 2.45) is 0 Å². The van der Waals surface area contributed by atoms with Crippen LogP contribution < -0.4 is 16.4 Å². The van der Waals surface area contributed by atoms with Crippen molar-refractivity contribution in [3.8, 4) is 22.3 Å². The average molecular weight is 602 g/mol. The van der Waals surface area contributed by atoms with Crippen molar-refractivity contribution < 1.29 is 0 Å². The Morgan fingerprint density at radius 1 is 0.578 bits per heavy atom. The third-order valence-corrected chi connectivity index (χ3v) is 10.7. The molecule has 0 saturated carbocycles. The van der Waals surface area contributed by atoms with Gasteiger partial charge in [0.15, 0.2) is 0 Å². The minimum atomic E-state index is -0.102. The Morgan fingerprint density at radius 2 is 1.16 bits per heavy atom. The van der Waals surface area contributed by atoms with Gasteiger partial charge in [-0.1, -0.05) is 104 Å². The molecule has 0 saturated heterocycles. The number of nitrogens with two attached hydrogens (primary N) is 2. The third kappa shape index (κ3) is 4.51. The monoisotopic (exact) mass is 601 g/mol. The number of para-hydroxylation sites is 2. The molecule has 4 heteroatoms. The summed E-state index contributed by atoms with van der Waals surface area (Å²) in [4.78, 5) is 4.86. The normalized spacial score (nSPS) is 14.5. The predicted molar refractivity (Wildman–Crippen MR) is 191 cm³/mol. The van der Waals surface area contributed by atoms with Crippen LogP contribution in [0, 0.1) is 0 Å². The summed E-state index contributed by atoms with van der Waals surface area (Å²) < 4.78 is 0. The highest BCUT2D eigenvalue weighted by molar-refractivity contribution is 7.99. The van der Waals surface area contributed by atoms with Gasteiger partial charge in [-0.25, -0.2) is 0 Å². The topological polar surface area (TPSA) is 55.3 Å². The van der Waals surface area contributed by atoms with Gasteiger partial charge in [0.05, 0.1) is 11.4 Å². The summed E-state index contributed by atoms with van der Waals surface area (Å²) in [6.07, 6.45) is 1.68. The van der Waals surface area contributed by atoms with Crippen LogP contribution >= 0.6 is 11.8 Å². The summed E-state index contributed by atoms with van der Waals surface area (Å²) in [5.74, 6) is 0. The van der Waals surface area contributed by atoms with Crippen LogP contribution in [0.15, 0.2) is 137 Å². The Kier molecular flexibility index (Phi) is 6.51. The SMILES string of the molecule is CC1(C)c2ccccc2N(c2ccc3c(c2)-c2ccccc2Sc2ccccc2-c2cc(N)cc(N)c2CC3)c2ccccc21. The van der Waals surface area contributed by atoms with Crippen molar-refractivity contribution in [1.82, 2.24) is 0 Å². The average Bonchev–Trinajstić information content (AvgIpc) is 3.07. The summed E-state index contributed by atoms with van der Waals surface area (Å²) in [5, 5.41) is 0. The molecule has 0 aromatic heterocycles. The predicted octanol–water partition coefficient (Wildman–Crippen LogP) is 10.5. The van der Waals surface area contributed by atoms with Crippen LogP contribution in [0.4, 0.5) is 28.4 Å². The van der Waals surface area contributed by atoms with E-state index in [2.05, 4.69) is 140 Å². The molecule has 6 aromatic carbocycles. The molecular formula is C41H35N3S. The van der Waals surface area contributed by atoms with Crippen molar-refractivity contribution in [1.29, 1.82) is 0 Å². The lowest BCUT2D eigenvalue weighted by Crippen LogP contribution is -2.30. The number of fused-ring (bicyclic) bond motifs is 8. The highest BCUT2D eigenvalue weighted by Crippen LogP contribution is 2.52. The number of nitrogens with zero attached hydrogens (tertiary/aromatic N) is 1. The van der Waals surface area contributed by atoms with Crippen LogP contribution in [0.1, 0.15) is 36.1 Å². The van der Waals surface area contributed by atoms with Gasteiger partial charge in [0.2, 0.25) is 0 Å². The quantitative estimate of drug-likeness (QED) is 0.184. The Bertz CT molecular complexity index is 2060. The number of anilines is 5. The summed E-state index contributed by atoms with van der Waals surface area (Å²) >= 11 is 1.81. The maximum absolute atomic E-state index is 6.69. The number of hydrogen-bond acceptors (Lipinski definition) is 4. The standard InChI is InChI=1S/C41H35N3S/c1-41(2)34-13-5-7-15-37(34)44(38-16-8-6-14-35(38)41)28-21-19-26-20-22-29-33(23-27(42)24-36(29)43)31-12-4-10-18-40(31)45-39-17-9-3-11-30(39)32(26)25-28/h3-19,21,23-25H,20,22,42-43H2,1-2H3. The first-order valence-electron chi connectivity index (χ1n) is 15.6. The number of rotatable bonds is 1. The van der Waals surface area contributed by atoms with E-state index in [-0.39, 0.29) is 5.41 Å². The van der Waals surface area contributed by atoms with Crippen LogP contribution in [0.2, 0.25) is 0 Å². The lowest BCUT2D eigenvalue weighted by atomic mass is 9.73. The van der Waals surface area contributed by atoms with Crippen LogP contribution in [-0.2, 0) is 18.3 Å². The summed E-state index contributed by atoms with van der Waals surface area (Å²) in [6, 6.07) is 46.1. The van der Waals surface area contributed by atoms with Crippen LogP contribution in [0.5, 0.6) is 0 Å². The molecule has 6 aromatic rings. The second kappa shape index (κ2) is 10.6. The first kappa shape index (κ1) is 27.6. The van der Waals surface area contributed by atoms with E-state index >= 15 is 0 Å². The van der Waals surface area contributed by atoms with Crippen molar-refractivity contribution in [2.45, 2.75) is 41.9 Å². The second-order valence-electron chi connectivity index (χ2n) is 12.6. The highest BCUT2D eigenvalue weighted by Gasteiger charge is 2.36. The molecule has 3 nitrogen and oxygen atoms in total. The van der Waals surface area contributed by atoms with E-state index in [1.54, 1.807) is 0 Å². The Balaban J connectivity index is 1.35. The van der Waals surface area contributed by atoms with E-state index < -0.39 is 0 Å². The van der Waals surface area contributed by atoms with Crippen molar-refractivity contribution in [3.05, 3.63) is 150 Å². The van der Waals surface area contributed by atoms with E-state index in [1.807, 2.05) is 17.8 Å². The largest absolute Gasteiger partial charge is 0.399 e. The lowest BCUT2D eigenvalue weighted by Gasteiger charge is -2.42. The minimum absolute atomic E-state index is 0.102. The molecule has 220 valence electrons. The van der Waals surface area contributed by atoms with Crippen molar-refractivity contribution >= 4 is 40.2 Å². The minimum Gasteiger partial charge on any atom is -0.399 e. The van der Waals surface area contributed by atoms with E-state index in [0.717, 1.165) is 35.3 Å². The van der Waals surface area contributed by atoms with E-state index in [1.165, 1.54) is 54.5 Å². The molecule has 0 aliphatic carbocycles. The molecule has 4 N–H and O–H groups in total. The van der Waals surface area contributed by atoms with E-state index in [4.69, 9.17) is 11.5 Å². The summed E-state index contributed by atoms with van der Waals surface area (Å²) in [6.45, 7) is 4.67. The number of nitrogen functional groups attached to an aromatic ring is 2. The zero-order valence-electron chi connectivity index (χ0n) is 25.5. The zero-order valence-corrected chi connectivity index (χ0v) is 26.4. The van der Waals surface area contributed by atoms with Gasteiger partial charge in [-0.3, -0.25) is 0 Å². The molecular weight excluding hydrogens is 567 g/mol. The van der Waals surface area contributed by atoms with E-state index in [9.17, 15) is 0 Å². The summed E-state index contributed by atoms with van der Waals surface area (Å²) in [7, 11) is 0. The lowest BCUT2D eigenvalue weighted by molar-refractivity contribution is 0.632. The Labute approximate surface area is 269 Å². The molecule has 2 aliphatic heterocycles. The highest BCUT2D eigenvalue weighted by atomic mass is 32.2. The maximum atomic E-state index is 6.69. The molecule has 0 amide bonds. The third-order valence-electron chi connectivity index (χ3n) is 9.51. The van der Waals surface area contributed by atoms with Gasteiger partial charge in [0, 0.05) is 32.3 Å². The number of benzene rings is 6. The maximum Gasteiger partial charge on any atom is 0.0502 e. The van der Waals surface area contributed by atoms with Crippen molar-refractivity contribution in [3.63, 3.8) is 0 Å². The van der Waals surface area contributed by atoms with Gasteiger partial charge in [-0.05, 0) is 106 Å². The molecule has 8 rings (SSSR count). The van der Waals surface area contributed by atoms with Gasteiger partial charge in [-0.2, -0.15) is 0 Å². The van der Waals surface area contributed by atoms with Crippen molar-refractivity contribution in [2.75, 3.05) is 16.4 Å². The molecule has 45 heavy (non-hydrogen) atoms. The van der Waals surface area contributed by atoms with Gasteiger partial charge in [0.25, 0.3) is 0 Å². The van der Waals surface area contributed by atoms with Crippen LogP contribution in [0.25, 0.3) is 22.3 Å². The Hall–Kier alpha value is -4.93. The first-order chi connectivity index (χ1) is 21.9. The smallest absolute Gasteiger partial charge is 0.0502 e. The first-order valence-corrected chi connectivity index (χ1v) is 16.4. The molecule has 0 atom stereocenters. The molecule has 2 aliphatic rings. The van der Waals surface area contributed by atoms with Gasteiger partial charge in [-0.15, -0.1) is 0 Å². The fourth-order valence-electron chi connectivity index (χ4n) is 7.29. The Morgan fingerprint density at radius 3 is 1.82 bits per heavy atom. The summed E-state index contributed by atoms with van der Waals surface area (Å²) in [5.41, 5.74) is 27.9. The van der Waals surface area contributed by atoms with Gasteiger partial charge in [0.1, 0.15) is 0 Å². The number of hydrogen-bond donors (Lipinski definition) is 2. The zero-order chi connectivity index (χ0) is 30.7. The van der Waals surface area contributed by atoms with Crippen LogP contribution in [0.3, 0.4) is 0 Å². The molecule has 0 radical (unpaired) electrons. The molecule has 0 unspecified atom stereocenters. The number of aryl methyl sites for hydroxylation is 1.